The molecule has 3 aromatic rings. The highest BCUT2D eigenvalue weighted by molar-refractivity contribution is 6.04. The molecular formula is C35H45N7O9. The summed E-state index contributed by atoms with van der Waals surface area (Å²) in [5.74, 6) is -2.38. The molecule has 51 heavy (non-hydrogen) atoms. The molecule has 274 valence electrons. The van der Waals surface area contributed by atoms with Crippen molar-refractivity contribution in [1.29, 1.82) is 0 Å². The van der Waals surface area contributed by atoms with Crippen LogP contribution in [0.4, 0.5) is 26.9 Å². The molecule has 2 atom stereocenters. The lowest BCUT2D eigenvalue weighted by atomic mass is 10.1. The van der Waals surface area contributed by atoms with Crippen LogP contribution in [0, 0.1) is 0 Å². The SMILES string of the molecule is Cn1ncc(Nc2cccc(N(C(=O)OC(C)(C)C)[C@H]3C[C@@H](C(=O)O)N(C(=O)OC(C)(C)C)C3)n2)c1CCCNC(=O)c1ccccc1C(=O)O. The smallest absolute Gasteiger partial charge is 0.416 e. The van der Waals surface area contributed by atoms with Crippen LogP contribution < -0.4 is 15.5 Å². The van der Waals surface area contributed by atoms with Crippen LogP contribution in [0.5, 0.6) is 0 Å². The van der Waals surface area contributed by atoms with Crippen LogP contribution in [-0.2, 0) is 27.7 Å². The van der Waals surface area contributed by atoms with Gasteiger partial charge >= 0.3 is 24.1 Å². The normalized spacial score (nSPS) is 15.9. The molecule has 0 bridgehead atoms. The third kappa shape index (κ3) is 9.95. The summed E-state index contributed by atoms with van der Waals surface area (Å²) >= 11 is 0. The predicted molar refractivity (Wildman–Crippen MR) is 186 cm³/mol. The van der Waals surface area contributed by atoms with Gasteiger partial charge in [-0.3, -0.25) is 19.3 Å². The van der Waals surface area contributed by atoms with Gasteiger partial charge in [-0.15, -0.1) is 0 Å². The van der Waals surface area contributed by atoms with E-state index in [9.17, 15) is 34.2 Å². The van der Waals surface area contributed by atoms with Crippen LogP contribution in [0.2, 0.25) is 0 Å². The van der Waals surface area contributed by atoms with Crippen LogP contribution in [0.25, 0.3) is 0 Å². The fourth-order valence-electron chi connectivity index (χ4n) is 5.55. The summed E-state index contributed by atoms with van der Waals surface area (Å²) in [5, 5.41) is 29.7. The zero-order valence-electron chi connectivity index (χ0n) is 29.8. The number of hydrogen-bond donors (Lipinski definition) is 4. The molecule has 3 heterocycles. The van der Waals surface area contributed by atoms with Crippen LogP contribution in [0.1, 0.15) is 80.8 Å². The number of carboxylic acid groups (broad SMARTS) is 2. The maximum absolute atomic E-state index is 13.7. The molecule has 0 spiro atoms. The predicted octanol–water partition coefficient (Wildman–Crippen LogP) is 4.82. The molecule has 0 radical (unpaired) electrons. The number of aromatic carboxylic acids is 1. The van der Waals surface area contributed by atoms with E-state index in [0.29, 0.717) is 24.3 Å². The number of aromatic nitrogens is 3. The van der Waals surface area contributed by atoms with E-state index in [0.717, 1.165) is 10.6 Å². The number of benzene rings is 1. The lowest BCUT2D eigenvalue weighted by Crippen LogP contribution is -2.46. The first-order valence-electron chi connectivity index (χ1n) is 16.4. The van der Waals surface area contributed by atoms with Crippen molar-refractivity contribution in [3.8, 4) is 0 Å². The highest BCUT2D eigenvalue weighted by atomic mass is 16.6. The molecule has 4 N–H and O–H groups in total. The number of hydrogen-bond acceptors (Lipinski definition) is 10. The number of ether oxygens (including phenoxy) is 2. The molecule has 1 saturated heterocycles. The van der Waals surface area contributed by atoms with E-state index < -0.39 is 53.3 Å². The minimum atomic E-state index is -1.24. The molecule has 0 unspecified atom stereocenters. The maximum Gasteiger partial charge on any atom is 0.416 e. The standard InChI is InChI=1S/C35H45N7O9/c1-34(2,3)50-32(48)41-20-21(18-26(41)31(46)47)42(33(49)51-35(4,5)6)28-16-10-15-27(39-28)38-24-19-37-40(7)25(24)14-11-17-36-29(43)22-12-8-9-13-23(22)30(44)45/h8-10,12-13,15-16,19,21,26H,11,14,17-18,20H2,1-7H3,(H,36,43)(H,38,39)(H,44,45)(H,46,47)/t21-,26-/m0/s1. The van der Waals surface area contributed by atoms with E-state index in [4.69, 9.17) is 9.47 Å². The second kappa shape index (κ2) is 15.5. The van der Waals surface area contributed by atoms with Crippen molar-refractivity contribution >= 4 is 47.4 Å². The van der Waals surface area contributed by atoms with Crippen molar-refractivity contribution < 1.29 is 43.7 Å². The van der Waals surface area contributed by atoms with Gasteiger partial charge in [0.1, 0.15) is 28.9 Å². The first kappa shape index (κ1) is 38.1. The third-order valence-electron chi connectivity index (χ3n) is 7.73. The van der Waals surface area contributed by atoms with Gasteiger partial charge in [0.2, 0.25) is 0 Å². The largest absolute Gasteiger partial charge is 0.480 e. The van der Waals surface area contributed by atoms with Gasteiger partial charge in [0.15, 0.2) is 0 Å². The molecule has 1 aromatic carbocycles. The number of nitrogens with zero attached hydrogens (tertiary/aromatic N) is 5. The average Bonchev–Trinajstić information content (AvgIpc) is 3.61. The number of rotatable bonds is 11. The Labute approximate surface area is 295 Å². The van der Waals surface area contributed by atoms with Gasteiger partial charge in [-0.25, -0.2) is 24.2 Å². The van der Waals surface area contributed by atoms with Gasteiger partial charge in [0.25, 0.3) is 5.91 Å². The second-order valence-electron chi connectivity index (χ2n) is 14.1. The molecule has 4 rings (SSSR count). The van der Waals surface area contributed by atoms with E-state index in [2.05, 4.69) is 20.7 Å². The molecule has 2 aromatic heterocycles. The lowest BCUT2D eigenvalue weighted by Gasteiger charge is -2.31. The second-order valence-corrected chi connectivity index (χ2v) is 14.1. The number of likely N-dealkylation sites (tertiary alicyclic amines) is 1. The van der Waals surface area contributed by atoms with Crippen molar-refractivity contribution in [3.63, 3.8) is 0 Å². The third-order valence-corrected chi connectivity index (χ3v) is 7.73. The molecule has 1 aliphatic heterocycles. The maximum atomic E-state index is 13.7. The Morgan fingerprint density at radius 2 is 1.61 bits per heavy atom. The summed E-state index contributed by atoms with van der Waals surface area (Å²) in [6.07, 6.45) is 0.960. The van der Waals surface area contributed by atoms with Crippen LogP contribution in [0.3, 0.4) is 0 Å². The van der Waals surface area contributed by atoms with Crippen molar-refractivity contribution in [2.24, 2.45) is 7.05 Å². The molecular weight excluding hydrogens is 662 g/mol. The van der Waals surface area contributed by atoms with Gasteiger partial charge in [0, 0.05) is 26.6 Å². The van der Waals surface area contributed by atoms with Gasteiger partial charge in [-0.1, -0.05) is 18.2 Å². The number of carboxylic acids is 2. The number of carbonyl (C=O) groups is 5. The summed E-state index contributed by atoms with van der Waals surface area (Å²) in [5.41, 5.74) is -0.338. The Morgan fingerprint density at radius 1 is 0.941 bits per heavy atom. The molecule has 1 aliphatic rings. The van der Waals surface area contributed by atoms with E-state index >= 15 is 0 Å². The molecule has 0 saturated carbocycles. The van der Waals surface area contributed by atoms with Gasteiger partial charge in [-0.05, 0) is 78.6 Å². The van der Waals surface area contributed by atoms with E-state index in [-0.39, 0.29) is 36.5 Å². The fourth-order valence-corrected chi connectivity index (χ4v) is 5.55. The molecule has 16 heteroatoms. The summed E-state index contributed by atoms with van der Waals surface area (Å²) < 4.78 is 12.9. The van der Waals surface area contributed by atoms with E-state index in [1.54, 1.807) is 89.8 Å². The van der Waals surface area contributed by atoms with Crippen molar-refractivity contribution in [2.45, 2.75) is 84.1 Å². The molecule has 0 aliphatic carbocycles. The Balaban J connectivity index is 1.52. The summed E-state index contributed by atoms with van der Waals surface area (Å²) in [4.78, 5) is 70.2. The summed E-state index contributed by atoms with van der Waals surface area (Å²) in [7, 11) is 1.77. The number of pyridine rings is 1. The Morgan fingerprint density at radius 3 is 2.24 bits per heavy atom. The zero-order valence-corrected chi connectivity index (χ0v) is 29.8. The molecule has 1 fully saturated rings. The van der Waals surface area contributed by atoms with E-state index in [1.165, 1.54) is 17.0 Å². The topological polar surface area (TPSA) is 206 Å². The van der Waals surface area contributed by atoms with Gasteiger partial charge < -0.3 is 30.3 Å². The quantitative estimate of drug-likeness (QED) is 0.198. The van der Waals surface area contributed by atoms with Crippen LogP contribution in [0.15, 0.2) is 48.7 Å². The minimum Gasteiger partial charge on any atom is -0.480 e. The van der Waals surface area contributed by atoms with Crippen molar-refractivity contribution in [1.82, 2.24) is 25.0 Å². The average molecular weight is 708 g/mol. The van der Waals surface area contributed by atoms with Crippen LogP contribution in [-0.4, -0.2) is 96.3 Å². The van der Waals surface area contributed by atoms with Gasteiger partial charge in [-0.2, -0.15) is 5.10 Å². The number of aryl methyl sites for hydroxylation is 1. The van der Waals surface area contributed by atoms with Crippen molar-refractivity contribution in [2.75, 3.05) is 23.3 Å². The summed E-state index contributed by atoms with van der Waals surface area (Å²) in [6, 6.07) is 8.91. The van der Waals surface area contributed by atoms with Gasteiger partial charge in [0.05, 0.1) is 34.7 Å². The number of amides is 3. The highest BCUT2D eigenvalue weighted by Crippen LogP contribution is 2.31. The monoisotopic (exact) mass is 707 g/mol. The summed E-state index contributed by atoms with van der Waals surface area (Å²) in [6.45, 7) is 10.3. The Kier molecular flexibility index (Phi) is 11.6. The molecule has 16 nitrogen and oxygen atoms in total. The number of aliphatic carboxylic acids is 1. The van der Waals surface area contributed by atoms with Crippen molar-refractivity contribution in [3.05, 3.63) is 65.5 Å². The minimum absolute atomic E-state index is 0.0768. The first-order chi connectivity index (χ1) is 23.8. The fraction of sp³-hybridized carbons (Fsp3) is 0.457. The number of nitrogens with one attached hydrogen (secondary N) is 2. The number of carbonyl (C=O) groups excluding carboxylic acids is 3. The Hall–Kier alpha value is -5.67. The zero-order chi connectivity index (χ0) is 37.7. The van der Waals surface area contributed by atoms with Crippen LogP contribution >= 0.6 is 0 Å². The Bertz CT molecular complexity index is 1780. The van der Waals surface area contributed by atoms with E-state index in [1.807, 2.05) is 0 Å². The first-order valence-corrected chi connectivity index (χ1v) is 16.4. The number of anilines is 3. The lowest BCUT2D eigenvalue weighted by molar-refractivity contribution is -0.142. The highest BCUT2D eigenvalue weighted by Gasteiger charge is 2.46. The molecule has 3 amide bonds.